The minimum absolute atomic E-state index is 0.117. The van der Waals surface area contributed by atoms with Gasteiger partial charge in [-0.3, -0.25) is 0 Å². The summed E-state index contributed by atoms with van der Waals surface area (Å²) in [5.41, 5.74) is 0.262. The highest BCUT2D eigenvalue weighted by atomic mass is 16.5. The van der Waals surface area contributed by atoms with Crippen LogP contribution >= 0.6 is 0 Å². The van der Waals surface area contributed by atoms with E-state index in [-0.39, 0.29) is 5.75 Å². The molecule has 0 amide bonds. The van der Waals surface area contributed by atoms with Crippen LogP contribution in [0.1, 0.15) is 5.56 Å². The van der Waals surface area contributed by atoms with Gasteiger partial charge in [0.2, 0.25) is 0 Å². The van der Waals surface area contributed by atoms with E-state index in [1.54, 1.807) is 12.1 Å². The molecule has 1 aliphatic rings. The van der Waals surface area contributed by atoms with Crippen molar-refractivity contribution >= 4 is 0 Å². The van der Waals surface area contributed by atoms with Crippen LogP contribution < -0.4 is 10.1 Å². The summed E-state index contributed by atoms with van der Waals surface area (Å²) in [5.74, 6) is 0.573. The zero-order valence-electron chi connectivity index (χ0n) is 8.66. The van der Waals surface area contributed by atoms with E-state index >= 15 is 0 Å². The number of aliphatic hydroxyl groups is 1. The first-order valence-electron chi connectivity index (χ1n) is 4.92. The topological polar surface area (TPSA) is 61.7 Å². The first kappa shape index (κ1) is 10.3. The third-order valence-corrected chi connectivity index (χ3v) is 2.68. The smallest absolute Gasteiger partial charge is 0.160 e. The molecule has 4 nitrogen and oxygen atoms in total. The van der Waals surface area contributed by atoms with Crippen LogP contribution in [-0.2, 0) is 6.42 Å². The fraction of sp³-hybridized carbons (Fsp3) is 0.455. The fourth-order valence-electron chi connectivity index (χ4n) is 1.76. The van der Waals surface area contributed by atoms with E-state index in [4.69, 9.17) is 4.74 Å². The number of hydrogen-bond acceptors (Lipinski definition) is 4. The zero-order chi connectivity index (χ0) is 10.9. The summed E-state index contributed by atoms with van der Waals surface area (Å²) in [7, 11) is 1.51. The molecule has 3 N–H and O–H groups in total. The van der Waals surface area contributed by atoms with Gasteiger partial charge in [0.25, 0.3) is 0 Å². The van der Waals surface area contributed by atoms with Crippen molar-refractivity contribution in [2.75, 3.05) is 20.2 Å². The summed E-state index contributed by atoms with van der Waals surface area (Å²) >= 11 is 0. The zero-order valence-corrected chi connectivity index (χ0v) is 8.66. The predicted octanol–water partition coefficient (Wildman–Crippen LogP) is 0.278. The van der Waals surface area contributed by atoms with Gasteiger partial charge in [-0.1, -0.05) is 6.07 Å². The van der Waals surface area contributed by atoms with Gasteiger partial charge < -0.3 is 20.3 Å². The molecule has 0 spiro atoms. The van der Waals surface area contributed by atoms with Gasteiger partial charge in [-0.15, -0.1) is 0 Å². The number of methoxy groups -OCH3 is 1. The number of rotatable bonds is 3. The molecule has 15 heavy (non-hydrogen) atoms. The molecular formula is C11H15NO3. The molecule has 1 fully saturated rings. The summed E-state index contributed by atoms with van der Waals surface area (Å²) < 4.78 is 4.95. The number of benzene rings is 1. The predicted molar refractivity (Wildman–Crippen MR) is 56.2 cm³/mol. The molecule has 0 saturated carbocycles. The fourth-order valence-corrected chi connectivity index (χ4v) is 1.76. The molecule has 0 radical (unpaired) electrons. The molecule has 2 rings (SSSR count). The van der Waals surface area contributed by atoms with Gasteiger partial charge in [-0.05, 0) is 17.7 Å². The van der Waals surface area contributed by atoms with Crippen LogP contribution in [0.2, 0.25) is 0 Å². The van der Waals surface area contributed by atoms with E-state index < -0.39 is 5.60 Å². The highest BCUT2D eigenvalue weighted by Gasteiger charge is 2.34. The van der Waals surface area contributed by atoms with Crippen molar-refractivity contribution in [1.29, 1.82) is 0 Å². The number of nitrogens with one attached hydrogen (secondary N) is 1. The first-order valence-corrected chi connectivity index (χ1v) is 4.92. The van der Waals surface area contributed by atoms with E-state index in [2.05, 4.69) is 5.32 Å². The Kier molecular flexibility index (Phi) is 2.54. The minimum atomic E-state index is -0.652. The first-order chi connectivity index (χ1) is 7.13. The Labute approximate surface area is 88.5 Å². The standard InChI is InChI=1S/C11H15NO3/c1-15-10-3-2-8(4-9(10)13)5-11(14)6-12-7-11/h2-4,12-14H,5-7H2,1H3. The van der Waals surface area contributed by atoms with Crippen molar-refractivity contribution in [2.45, 2.75) is 12.0 Å². The third kappa shape index (κ3) is 2.06. The molecule has 4 heteroatoms. The number of ether oxygens (including phenoxy) is 1. The maximum absolute atomic E-state index is 9.91. The second kappa shape index (κ2) is 3.72. The molecule has 82 valence electrons. The van der Waals surface area contributed by atoms with Gasteiger partial charge >= 0.3 is 0 Å². The van der Waals surface area contributed by atoms with Crippen molar-refractivity contribution < 1.29 is 14.9 Å². The van der Waals surface area contributed by atoms with Crippen LogP contribution in [0.15, 0.2) is 18.2 Å². The SMILES string of the molecule is COc1ccc(CC2(O)CNC2)cc1O. The Morgan fingerprint density at radius 2 is 2.20 bits per heavy atom. The van der Waals surface area contributed by atoms with E-state index in [0.717, 1.165) is 5.56 Å². The van der Waals surface area contributed by atoms with Gasteiger partial charge in [0.15, 0.2) is 11.5 Å². The Hall–Kier alpha value is -1.26. The average Bonchev–Trinajstić information content (AvgIpc) is 2.16. The highest BCUT2D eigenvalue weighted by Crippen LogP contribution is 2.28. The summed E-state index contributed by atoms with van der Waals surface area (Å²) in [6, 6.07) is 5.20. The molecule has 1 aromatic rings. The number of phenolic OH excluding ortho intramolecular Hbond substituents is 1. The van der Waals surface area contributed by atoms with Crippen molar-refractivity contribution in [2.24, 2.45) is 0 Å². The van der Waals surface area contributed by atoms with Gasteiger partial charge in [-0.25, -0.2) is 0 Å². The lowest BCUT2D eigenvalue weighted by atomic mass is 9.89. The summed E-state index contributed by atoms with van der Waals surface area (Å²) in [6.45, 7) is 1.22. The maximum Gasteiger partial charge on any atom is 0.160 e. The third-order valence-electron chi connectivity index (χ3n) is 2.68. The molecular weight excluding hydrogens is 194 g/mol. The van der Waals surface area contributed by atoms with Crippen LogP contribution in [-0.4, -0.2) is 36.0 Å². The maximum atomic E-state index is 9.91. The normalized spacial score (nSPS) is 18.3. The second-order valence-electron chi connectivity index (χ2n) is 4.01. The molecule has 1 saturated heterocycles. The second-order valence-corrected chi connectivity index (χ2v) is 4.01. The van der Waals surface area contributed by atoms with Crippen molar-refractivity contribution in [3.05, 3.63) is 23.8 Å². The summed E-state index contributed by atoms with van der Waals surface area (Å²) in [5, 5.41) is 22.5. The Morgan fingerprint density at radius 1 is 1.47 bits per heavy atom. The molecule has 1 heterocycles. The summed E-state index contributed by atoms with van der Waals surface area (Å²) in [6.07, 6.45) is 0.553. The van der Waals surface area contributed by atoms with E-state index in [1.807, 2.05) is 6.07 Å². The molecule has 0 bridgehead atoms. The molecule has 0 atom stereocenters. The molecule has 1 aliphatic heterocycles. The average molecular weight is 209 g/mol. The van der Waals surface area contributed by atoms with E-state index in [0.29, 0.717) is 25.3 Å². The Balaban J connectivity index is 2.12. The lowest BCUT2D eigenvalue weighted by Crippen LogP contribution is -2.60. The monoisotopic (exact) mass is 209 g/mol. The van der Waals surface area contributed by atoms with Gasteiger partial charge in [0.1, 0.15) is 0 Å². The molecule has 0 aliphatic carbocycles. The van der Waals surface area contributed by atoms with Crippen LogP contribution in [0.25, 0.3) is 0 Å². The number of β-amino-alcohol motifs (C(OH)–C–C–N with tert-alkyl or cyclic N) is 1. The van der Waals surface area contributed by atoms with Gasteiger partial charge in [0, 0.05) is 19.5 Å². The number of hydrogen-bond donors (Lipinski definition) is 3. The molecule has 1 aromatic carbocycles. The van der Waals surface area contributed by atoms with Crippen LogP contribution in [0.4, 0.5) is 0 Å². The summed E-state index contributed by atoms with van der Waals surface area (Å²) in [4.78, 5) is 0. The van der Waals surface area contributed by atoms with Crippen LogP contribution in [0, 0.1) is 0 Å². The largest absolute Gasteiger partial charge is 0.504 e. The lowest BCUT2D eigenvalue weighted by Gasteiger charge is -2.37. The Morgan fingerprint density at radius 3 is 2.67 bits per heavy atom. The number of phenols is 1. The van der Waals surface area contributed by atoms with E-state index in [9.17, 15) is 10.2 Å². The van der Waals surface area contributed by atoms with Crippen LogP contribution in [0.5, 0.6) is 11.5 Å². The minimum Gasteiger partial charge on any atom is -0.504 e. The molecule has 0 aromatic heterocycles. The van der Waals surface area contributed by atoms with Gasteiger partial charge in [-0.2, -0.15) is 0 Å². The molecule has 0 unspecified atom stereocenters. The van der Waals surface area contributed by atoms with Crippen molar-refractivity contribution in [3.8, 4) is 11.5 Å². The van der Waals surface area contributed by atoms with E-state index in [1.165, 1.54) is 7.11 Å². The lowest BCUT2D eigenvalue weighted by molar-refractivity contribution is -0.00904. The van der Waals surface area contributed by atoms with Crippen molar-refractivity contribution in [1.82, 2.24) is 5.32 Å². The van der Waals surface area contributed by atoms with Crippen molar-refractivity contribution in [3.63, 3.8) is 0 Å². The number of aromatic hydroxyl groups is 1. The van der Waals surface area contributed by atoms with Crippen LogP contribution in [0.3, 0.4) is 0 Å². The Bertz CT molecular complexity index is 361. The quantitative estimate of drug-likeness (QED) is 0.669. The van der Waals surface area contributed by atoms with Gasteiger partial charge in [0.05, 0.1) is 12.7 Å². The highest BCUT2D eigenvalue weighted by molar-refractivity contribution is 5.42.